The van der Waals surface area contributed by atoms with Crippen LogP contribution < -0.4 is 15.8 Å². The number of hydrogen-bond acceptors (Lipinski definition) is 4. The Balaban J connectivity index is 2.78. The number of carbonyl (C=O) groups excluding carboxylic acids is 1. The van der Waals surface area contributed by atoms with E-state index in [9.17, 15) is 9.59 Å². The predicted octanol–water partition coefficient (Wildman–Crippen LogP) is 1.71. The molecule has 1 unspecified atom stereocenters. The summed E-state index contributed by atoms with van der Waals surface area (Å²) in [4.78, 5) is 22.9. The number of methoxy groups -OCH3 is 1. The molecule has 1 rings (SSSR count). The Morgan fingerprint density at radius 2 is 2.15 bits per heavy atom. The molecule has 0 bridgehead atoms. The van der Waals surface area contributed by atoms with Gasteiger partial charge in [0.15, 0.2) is 0 Å². The third kappa shape index (κ3) is 4.24. The Morgan fingerprint density at radius 1 is 1.45 bits per heavy atom. The Kier molecular flexibility index (Phi) is 5.99. The fraction of sp³-hybridized carbons (Fsp3) is 0.429. The van der Waals surface area contributed by atoms with Gasteiger partial charge in [0.05, 0.1) is 7.11 Å². The molecule has 6 nitrogen and oxygen atoms in total. The van der Waals surface area contributed by atoms with Crippen LogP contribution in [0.5, 0.6) is 5.75 Å². The maximum Gasteiger partial charge on any atom is 0.339 e. The second-order valence-corrected chi connectivity index (χ2v) is 4.54. The summed E-state index contributed by atoms with van der Waals surface area (Å²) < 4.78 is 5.01. The van der Waals surface area contributed by atoms with Gasteiger partial charge in [0.25, 0.3) is 0 Å². The first-order chi connectivity index (χ1) is 9.49. The van der Waals surface area contributed by atoms with Crippen molar-refractivity contribution in [3.8, 4) is 5.75 Å². The fourth-order valence-corrected chi connectivity index (χ4v) is 1.77. The molecule has 0 aliphatic carbocycles. The number of nitrogens with two attached hydrogens (primary N) is 1. The number of amides is 1. The van der Waals surface area contributed by atoms with Crippen LogP contribution in [0.4, 0.5) is 5.69 Å². The fourth-order valence-electron chi connectivity index (χ4n) is 1.77. The van der Waals surface area contributed by atoms with Crippen LogP contribution >= 0.6 is 0 Å². The highest BCUT2D eigenvalue weighted by atomic mass is 16.5. The quantitative estimate of drug-likeness (QED) is 0.705. The van der Waals surface area contributed by atoms with Crippen LogP contribution in [0.3, 0.4) is 0 Å². The van der Waals surface area contributed by atoms with Gasteiger partial charge in [-0.15, -0.1) is 0 Å². The third-order valence-corrected chi connectivity index (χ3v) is 2.99. The first kappa shape index (κ1) is 16.0. The Hall–Kier alpha value is -2.08. The molecule has 0 aromatic heterocycles. The number of aromatic carboxylic acids is 1. The van der Waals surface area contributed by atoms with Gasteiger partial charge in [-0.1, -0.05) is 6.92 Å². The lowest BCUT2D eigenvalue weighted by Crippen LogP contribution is -2.21. The lowest BCUT2D eigenvalue weighted by atomic mass is 10.0. The summed E-state index contributed by atoms with van der Waals surface area (Å²) >= 11 is 0. The zero-order chi connectivity index (χ0) is 15.1. The summed E-state index contributed by atoms with van der Waals surface area (Å²) in [5.41, 5.74) is 5.98. The van der Waals surface area contributed by atoms with Gasteiger partial charge in [-0.3, -0.25) is 4.79 Å². The van der Waals surface area contributed by atoms with Crippen LogP contribution in [0.2, 0.25) is 0 Å². The van der Waals surface area contributed by atoms with Gasteiger partial charge in [-0.2, -0.15) is 0 Å². The van der Waals surface area contributed by atoms with Gasteiger partial charge >= 0.3 is 5.97 Å². The molecular formula is C14H20N2O4. The molecule has 1 amide bonds. The highest BCUT2D eigenvalue weighted by molar-refractivity contribution is 5.95. The largest absolute Gasteiger partial charge is 0.496 e. The molecular weight excluding hydrogens is 260 g/mol. The van der Waals surface area contributed by atoms with Crippen LogP contribution in [0.25, 0.3) is 0 Å². The van der Waals surface area contributed by atoms with Crippen molar-refractivity contribution in [1.29, 1.82) is 0 Å². The molecule has 20 heavy (non-hydrogen) atoms. The number of benzene rings is 1. The maximum absolute atomic E-state index is 11.9. The molecule has 1 atom stereocenters. The highest BCUT2D eigenvalue weighted by Gasteiger charge is 2.15. The number of carboxylic acids is 1. The second-order valence-electron chi connectivity index (χ2n) is 4.54. The van der Waals surface area contributed by atoms with Crippen molar-refractivity contribution in [2.24, 2.45) is 11.7 Å². The van der Waals surface area contributed by atoms with E-state index >= 15 is 0 Å². The third-order valence-electron chi connectivity index (χ3n) is 2.99. The van der Waals surface area contributed by atoms with E-state index in [-0.39, 0.29) is 23.1 Å². The molecule has 0 heterocycles. The number of carboxylic acid groups (broad SMARTS) is 1. The van der Waals surface area contributed by atoms with E-state index in [1.54, 1.807) is 6.07 Å². The summed E-state index contributed by atoms with van der Waals surface area (Å²) in [6.07, 6.45) is 1.50. The van der Waals surface area contributed by atoms with E-state index in [0.29, 0.717) is 18.7 Å². The van der Waals surface area contributed by atoms with Gasteiger partial charge in [-0.25, -0.2) is 4.79 Å². The lowest BCUT2D eigenvalue weighted by molar-refractivity contribution is -0.119. The molecule has 0 saturated heterocycles. The summed E-state index contributed by atoms with van der Waals surface area (Å²) in [7, 11) is 1.39. The predicted molar refractivity (Wildman–Crippen MR) is 76.0 cm³/mol. The minimum Gasteiger partial charge on any atom is -0.496 e. The Bertz CT molecular complexity index is 488. The van der Waals surface area contributed by atoms with Gasteiger partial charge in [0.2, 0.25) is 5.91 Å². The molecule has 1 aromatic rings. The molecule has 0 fully saturated rings. The van der Waals surface area contributed by atoms with Crippen molar-refractivity contribution < 1.29 is 19.4 Å². The summed E-state index contributed by atoms with van der Waals surface area (Å²) in [5.74, 6) is -1.13. The monoisotopic (exact) mass is 280 g/mol. The summed E-state index contributed by atoms with van der Waals surface area (Å²) in [6.45, 7) is 2.38. The standard InChI is InChI=1S/C14H20N2O4/c1-9(4-3-7-15)13(17)16-10-5-6-11(14(18)19)12(8-10)20-2/h5-6,8-9H,3-4,7,15H2,1-2H3,(H,16,17)(H,18,19). The molecule has 0 saturated carbocycles. The van der Waals surface area contributed by atoms with Crippen molar-refractivity contribution in [2.45, 2.75) is 19.8 Å². The number of anilines is 1. The lowest BCUT2D eigenvalue weighted by Gasteiger charge is -2.13. The normalized spacial score (nSPS) is 11.8. The van der Waals surface area contributed by atoms with E-state index in [4.69, 9.17) is 15.6 Å². The zero-order valence-electron chi connectivity index (χ0n) is 11.7. The molecule has 0 radical (unpaired) electrons. The Morgan fingerprint density at radius 3 is 2.70 bits per heavy atom. The van der Waals surface area contributed by atoms with E-state index in [1.807, 2.05) is 6.92 Å². The van der Waals surface area contributed by atoms with Gasteiger partial charge < -0.3 is 20.9 Å². The van der Waals surface area contributed by atoms with Gasteiger partial charge in [-0.05, 0) is 31.5 Å². The molecule has 4 N–H and O–H groups in total. The minimum atomic E-state index is -1.07. The topological polar surface area (TPSA) is 102 Å². The van der Waals surface area contributed by atoms with Crippen LogP contribution in [0.15, 0.2) is 18.2 Å². The van der Waals surface area contributed by atoms with E-state index < -0.39 is 5.97 Å². The van der Waals surface area contributed by atoms with Crippen LogP contribution in [0, 0.1) is 5.92 Å². The number of rotatable bonds is 7. The molecule has 1 aromatic carbocycles. The number of carbonyl (C=O) groups is 2. The van der Waals surface area contributed by atoms with Crippen molar-refractivity contribution >= 4 is 17.6 Å². The maximum atomic E-state index is 11.9. The van der Waals surface area contributed by atoms with E-state index in [1.165, 1.54) is 19.2 Å². The number of nitrogens with one attached hydrogen (secondary N) is 1. The smallest absolute Gasteiger partial charge is 0.339 e. The SMILES string of the molecule is COc1cc(NC(=O)C(C)CCCN)ccc1C(=O)O. The summed E-state index contributed by atoms with van der Waals surface area (Å²) in [5, 5.41) is 11.7. The van der Waals surface area contributed by atoms with Crippen molar-refractivity contribution in [2.75, 3.05) is 19.0 Å². The molecule has 0 aliphatic rings. The minimum absolute atomic E-state index is 0.0571. The second kappa shape index (κ2) is 7.49. The average molecular weight is 280 g/mol. The Labute approximate surface area is 117 Å². The first-order valence-electron chi connectivity index (χ1n) is 6.41. The van der Waals surface area contributed by atoms with Gasteiger partial charge in [0, 0.05) is 17.7 Å². The highest BCUT2D eigenvalue weighted by Crippen LogP contribution is 2.23. The first-order valence-corrected chi connectivity index (χ1v) is 6.41. The van der Waals surface area contributed by atoms with E-state index in [0.717, 1.165) is 6.42 Å². The van der Waals surface area contributed by atoms with Crippen molar-refractivity contribution in [1.82, 2.24) is 0 Å². The van der Waals surface area contributed by atoms with Crippen molar-refractivity contribution in [3.63, 3.8) is 0 Å². The molecule has 110 valence electrons. The summed E-state index contributed by atoms with van der Waals surface area (Å²) in [6, 6.07) is 4.44. The molecule has 0 spiro atoms. The zero-order valence-corrected chi connectivity index (χ0v) is 11.7. The van der Waals surface area contributed by atoms with Crippen LogP contribution in [-0.4, -0.2) is 30.6 Å². The van der Waals surface area contributed by atoms with Crippen molar-refractivity contribution in [3.05, 3.63) is 23.8 Å². The van der Waals surface area contributed by atoms with E-state index in [2.05, 4.69) is 5.32 Å². The number of ether oxygens (including phenoxy) is 1. The van der Waals surface area contributed by atoms with Gasteiger partial charge in [0.1, 0.15) is 11.3 Å². The van der Waals surface area contributed by atoms with Crippen LogP contribution in [-0.2, 0) is 4.79 Å². The average Bonchev–Trinajstić information content (AvgIpc) is 2.44. The number of hydrogen-bond donors (Lipinski definition) is 3. The molecule has 0 aliphatic heterocycles. The molecule has 6 heteroatoms. The van der Waals surface area contributed by atoms with Crippen LogP contribution in [0.1, 0.15) is 30.1 Å².